The Kier molecular flexibility index (Phi) is 13.5. The quantitative estimate of drug-likeness (QED) is 0.0554. The van der Waals surface area contributed by atoms with Gasteiger partial charge in [-0.2, -0.15) is 0 Å². The fourth-order valence-corrected chi connectivity index (χ4v) is 5.86. The zero-order valence-electron chi connectivity index (χ0n) is 23.5. The van der Waals surface area contributed by atoms with Crippen LogP contribution in [0.3, 0.4) is 0 Å². The summed E-state index contributed by atoms with van der Waals surface area (Å²) in [4.78, 5) is 12.6. The average molecular weight is 612 g/mol. The van der Waals surface area contributed by atoms with Gasteiger partial charge in [0.2, 0.25) is 0 Å². The highest BCUT2D eigenvalue weighted by Gasteiger charge is 2.53. The molecule has 14 atom stereocenters. The zero-order valence-corrected chi connectivity index (χ0v) is 23.5. The topological polar surface area (TPSA) is 318 Å². The number of ether oxygens (including phenoxy) is 3. The van der Waals surface area contributed by atoms with Gasteiger partial charge in [0.1, 0.15) is 24.4 Å². The second kappa shape index (κ2) is 16.1. The van der Waals surface area contributed by atoms with Crippen LogP contribution in [-0.2, 0) is 14.2 Å². The number of carbonyl (C=O) groups excluding carboxylic acids is 1. The molecule has 0 radical (unpaired) electrons. The van der Waals surface area contributed by atoms with Gasteiger partial charge in [0.05, 0.1) is 49.7 Å². The number of nitrogens with two attached hydrogens (primary N) is 4. The molecule has 0 spiro atoms. The summed E-state index contributed by atoms with van der Waals surface area (Å²) in [6.45, 7) is -0.107. The summed E-state index contributed by atoms with van der Waals surface area (Å²) in [7, 11) is 0. The average Bonchev–Trinajstić information content (AvgIpc) is 2.94. The summed E-state index contributed by atoms with van der Waals surface area (Å²) in [6, 6.07) is -4.78. The molecule has 18 heteroatoms. The van der Waals surface area contributed by atoms with Gasteiger partial charge in [-0.3, -0.25) is 5.21 Å². The molecule has 17 N–H and O–H groups in total. The Morgan fingerprint density at radius 3 is 2.33 bits per heavy atom. The van der Waals surface area contributed by atoms with Crippen molar-refractivity contribution in [2.45, 2.75) is 98.6 Å². The maximum Gasteiger partial charge on any atom is 0.341 e. The number of aliphatic hydroxyl groups is 6. The molecule has 3 rings (SSSR count). The van der Waals surface area contributed by atoms with Gasteiger partial charge in [-0.1, -0.05) is 0 Å². The van der Waals surface area contributed by atoms with Gasteiger partial charge in [-0.25, -0.2) is 9.86 Å². The van der Waals surface area contributed by atoms with Crippen LogP contribution in [0.5, 0.6) is 0 Å². The van der Waals surface area contributed by atoms with E-state index in [2.05, 4.69) is 10.6 Å². The molecule has 18 nitrogen and oxygen atoms in total. The molecular weight excluding hydrogens is 562 g/mol. The molecule has 0 bridgehead atoms. The SMILES string of the molecule is NCCN(O)C(=O)NC1CC(N)C(C2OC(CNCCCO)C(O)CC2N)C(O)C1OC1OC(CO)C(O)C(N)C1O. The largest absolute Gasteiger partial charge is 0.396 e. The predicted molar refractivity (Wildman–Crippen MR) is 144 cm³/mol. The van der Waals surface area contributed by atoms with Gasteiger partial charge in [-0.05, 0) is 25.8 Å². The number of amides is 2. The maximum atomic E-state index is 12.6. The fraction of sp³-hybridized carbons (Fsp3) is 0.958. The Hall–Kier alpha value is -1.33. The van der Waals surface area contributed by atoms with Crippen LogP contribution in [0.4, 0.5) is 4.79 Å². The number of hydrogen-bond donors (Lipinski definition) is 13. The lowest BCUT2D eigenvalue weighted by atomic mass is 9.72. The van der Waals surface area contributed by atoms with Crippen molar-refractivity contribution in [2.75, 3.05) is 39.4 Å². The number of hydroxylamine groups is 2. The van der Waals surface area contributed by atoms with Crippen molar-refractivity contribution in [3.63, 3.8) is 0 Å². The summed E-state index contributed by atoms with van der Waals surface area (Å²) in [6.07, 6.45) is -10.3. The number of hydrogen-bond acceptors (Lipinski definition) is 16. The van der Waals surface area contributed by atoms with E-state index in [4.69, 9.17) is 42.3 Å². The van der Waals surface area contributed by atoms with Crippen LogP contribution in [0.25, 0.3) is 0 Å². The molecule has 2 amide bonds. The lowest BCUT2D eigenvalue weighted by Gasteiger charge is -2.51. The Morgan fingerprint density at radius 2 is 1.69 bits per heavy atom. The van der Waals surface area contributed by atoms with Gasteiger partial charge in [0.25, 0.3) is 0 Å². The normalized spacial score (nSPS) is 42.7. The summed E-state index contributed by atoms with van der Waals surface area (Å²) in [5, 5.41) is 77.8. The predicted octanol–water partition coefficient (Wildman–Crippen LogP) is -6.61. The molecule has 0 aromatic carbocycles. The van der Waals surface area contributed by atoms with E-state index in [9.17, 15) is 35.5 Å². The number of urea groups is 1. The molecule has 2 heterocycles. The zero-order chi connectivity index (χ0) is 31.1. The number of aliphatic hydroxyl groups excluding tert-OH is 6. The molecule has 2 aliphatic heterocycles. The first kappa shape index (κ1) is 35.2. The van der Waals surface area contributed by atoms with Gasteiger partial charge in [0, 0.05) is 37.7 Å². The van der Waals surface area contributed by atoms with Gasteiger partial charge in [0.15, 0.2) is 6.29 Å². The van der Waals surface area contributed by atoms with Crippen LogP contribution >= 0.6 is 0 Å². The number of carbonyl (C=O) groups is 1. The molecule has 14 unspecified atom stereocenters. The Bertz CT molecular complexity index is 836. The van der Waals surface area contributed by atoms with E-state index < -0.39 is 97.8 Å². The second-order valence-electron chi connectivity index (χ2n) is 11.2. The van der Waals surface area contributed by atoms with Crippen LogP contribution in [0.15, 0.2) is 0 Å². The van der Waals surface area contributed by atoms with Crippen molar-refractivity contribution in [1.29, 1.82) is 0 Å². The highest BCUT2D eigenvalue weighted by Crippen LogP contribution is 2.36. The molecule has 0 aromatic rings. The van der Waals surface area contributed by atoms with E-state index in [1.165, 1.54) is 0 Å². The van der Waals surface area contributed by atoms with Gasteiger partial charge in [-0.15, -0.1) is 0 Å². The van der Waals surface area contributed by atoms with Gasteiger partial charge < -0.3 is 78.4 Å². The van der Waals surface area contributed by atoms with Gasteiger partial charge >= 0.3 is 6.03 Å². The fourth-order valence-electron chi connectivity index (χ4n) is 5.86. The van der Waals surface area contributed by atoms with E-state index >= 15 is 0 Å². The Morgan fingerprint density at radius 1 is 0.976 bits per heavy atom. The maximum absolute atomic E-state index is 12.6. The number of rotatable bonds is 12. The number of nitrogens with zero attached hydrogens (tertiary/aromatic N) is 1. The van der Waals surface area contributed by atoms with Crippen molar-refractivity contribution in [3.8, 4) is 0 Å². The highest BCUT2D eigenvalue weighted by molar-refractivity contribution is 5.73. The standard InChI is InChI=1S/C24H49N7O11/c25-2-4-31(39)24(38)30-12-6-10(26)16(21-11(27)7-13(34)14(40-21)8-29-3-1-5-32)19(36)22(12)42-23-20(37)17(28)18(35)15(9-33)41-23/h10-23,29,32-37,39H,1-9,25-28H2,(H,30,38). The molecule has 42 heavy (non-hydrogen) atoms. The third-order valence-electron chi connectivity index (χ3n) is 8.19. The molecule has 3 fully saturated rings. The monoisotopic (exact) mass is 611 g/mol. The summed E-state index contributed by atoms with van der Waals surface area (Å²) < 4.78 is 17.7. The van der Waals surface area contributed by atoms with Crippen molar-refractivity contribution in [1.82, 2.24) is 15.7 Å². The van der Waals surface area contributed by atoms with E-state index in [0.29, 0.717) is 18.0 Å². The third-order valence-corrected chi connectivity index (χ3v) is 8.19. The van der Waals surface area contributed by atoms with Crippen LogP contribution in [0.2, 0.25) is 0 Å². The van der Waals surface area contributed by atoms with Crippen molar-refractivity contribution in [2.24, 2.45) is 28.9 Å². The molecule has 1 saturated carbocycles. The summed E-state index contributed by atoms with van der Waals surface area (Å²) >= 11 is 0. The highest BCUT2D eigenvalue weighted by atomic mass is 16.7. The second-order valence-corrected chi connectivity index (χ2v) is 11.2. The first-order valence-electron chi connectivity index (χ1n) is 14.3. The summed E-state index contributed by atoms with van der Waals surface area (Å²) in [5.74, 6) is -0.881. The minimum atomic E-state index is -1.58. The lowest BCUT2D eigenvalue weighted by Crippen LogP contribution is -2.70. The van der Waals surface area contributed by atoms with E-state index in [-0.39, 0.29) is 39.1 Å². The first-order chi connectivity index (χ1) is 19.9. The van der Waals surface area contributed by atoms with Crippen molar-refractivity contribution < 1.29 is 54.9 Å². The van der Waals surface area contributed by atoms with Crippen LogP contribution in [-0.4, -0.2) is 166 Å². The van der Waals surface area contributed by atoms with Crippen LogP contribution in [0, 0.1) is 5.92 Å². The lowest BCUT2D eigenvalue weighted by molar-refractivity contribution is -0.306. The number of nitrogens with one attached hydrogen (secondary N) is 2. The molecule has 3 aliphatic rings. The van der Waals surface area contributed by atoms with Crippen molar-refractivity contribution >= 4 is 6.03 Å². The van der Waals surface area contributed by atoms with Crippen LogP contribution < -0.4 is 33.6 Å². The van der Waals surface area contributed by atoms with E-state index in [0.717, 1.165) is 0 Å². The first-order valence-corrected chi connectivity index (χ1v) is 14.3. The minimum absolute atomic E-state index is 0.000621. The molecule has 1 aliphatic carbocycles. The molecule has 246 valence electrons. The Balaban J connectivity index is 1.85. The summed E-state index contributed by atoms with van der Waals surface area (Å²) in [5.41, 5.74) is 24.2. The Labute approximate surface area is 243 Å². The smallest absolute Gasteiger partial charge is 0.341 e. The molecule has 2 saturated heterocycles. The third kappa shape index (κ3) is 8.23. The van der Waals surface area contributed by atoms with Crippen LogP contribution in [0.1, 0.15) is 19.3 Å². The van der Waals surface area contributed by atoms with E-state index in [1.54, 1.807) is 0 Å². The van der Waals surface area contributed by atoms with Crippen molar-refractivity contribution in [3.05, 3.63) is 0 Å². The molecular formula is C24H49N7O11. The van der Waals surface area contributed by atoms with E-state index in [1.807, 2.05) is 0 Å². The molecule has 0 aromatic heterocycles. The minimum Gasteiger partial charge on any atom is -0.396 e.